The van der Waals surface area contributed by atoms with Crippen molar-refractivity contribution in [3.05, 3.63) is 17.0 Å². The van der Waals surface area contributed by atoms with Crippen molar-refractivity contribution in [2.75, 3.05) is 0 Å². The number of nitrogens with zero attached hydrogens (tertiary/aromatic N) is 1. The molecular formula is C12H18N2O4. The lowest BCUT2D eigenvalue weighted by Crippen LogP contribution is -2.37. The van der Waals surface area contributed by atoms with E-state index >= 15 is 0 Å². The Balaban J connectivity index is 2.58. The van der Waals surface area contributed by atoms with Crippen molar-refractivity contribution in [2.45, 2.75) is 46.1 Å². The fourth-order valence-corrected chi connectivity index (χ4v) is 1.70. The highest BCUT2D eigenvalue weighted by atomic mass is 16.5. The van der Waals surface area contributed by atoms with Gasteiger partial charge in [-0.25, -0.2) is 0 Å². The fraction of sp³-hybridized carbons (Fsp3) is 0.583. The zero-order chi connectivity index (χ0) is 13.7. The van der Waals surface area contributed by atoms with Gasteiger partial charge < -0.3 is 14.9 Å². The Morgan fingerprint density at radius 2 is 2.11 bits per heavy atom. The van der Waals surface area contributed by atoms with Gasteiger partial charge >= 0.3 is 5.97 Å². The molecule has 1 heterocycles. The molecule has 0 aliphatic heterocycles. The molecule has 1 atom stereocenters. The number of carbonyl (C=O) groups is 2. The minimum atomic E-state index is -0.917. The molecule has 0 spiro atoms. The smallest absolute Gasteiger partial charge is 0.305 e. The standard InChI is InChI=1S/C12H18N2O4/c1-4-9(5-12(16)17)13-11(15)6-10-7(2)14-18-8(10)3/h9H,4-6H2,1-3H3,(H,13,15)(H,16,17). The van der Waals surface area contributed by atoms with E-state index in [0.717, 1.165) is 5.56 Å². The summed E-state index contributed by atoms with van der Waals surface area (Å²) in [5.41, 5.74) is 1.45. The number of hydrogen-bond donors (Lipinski definition) is 2. The van der Waals surface area contributed by atoms with Crippen molar-refractivity contribution in [2.24, 2.45) is 0 Å². The van der Waals surface area contributed by atoms with Crippen molar-refractivity contribution in [3.63, 3.8) is 0 Å². The molecule has 0 fully saturated rings. The molecule has 1 aromatic rings. The SMILES string of the molecule is CCC(CC(=O)O)NC(=O)Cc1c(C)noc1C. The molecule has 100 valence electrons. The maximum absolute atomic E-state index is 11.8. The summed E-state index contributed by atoms with van der Waals surface area (Å²) < 4.78 is 4.97. The average molecular weight is 254 g/mol. The molecular weight excluding hydrogens is 236 g/mol. The van der Waals surface area contributed by atoms with Crippen LogP contribution in [0.3, 0.4) is 0 Å². The number of rotatable bonds is 6. The molecule has 1 amide bonds. The lowest BCUT2D eigenvalue weighted by Gasteiger charge is -2.14. The van der Waals surface area contributed by atoms with Crippen molar-refractivity contribution in [3.8, 4) is 0 Å². The lowest BCUT2D eigenvalue weighted by molar-refractivity contribution is -0.137. The van der Waals surface area contributed by atoms with Gasteiger partial charge in [-0.3, -0.25) is 9.59 Å². The van der Waals surface area contributed by atoms with E-state index in [9.17, 15) is 9.59 Å². The first-order valence-corrected chi connectivity index (χ1v) is 5.87. The van der Waals surface area contributed by atoms with Gasteiger partial charge in [-0.1, -0.05) is 12.1 Å². The van der Waals surface area contributed by atoms with Crippen LogP contribution in [0, 0.1) is 13.8 Å². The number of carboxylic acid groups (broad SMARTS) is 1. The summed E-state index contributed by atoms with van der Waals surface area (Å²) >= 11 is 0. The summed E-state index contributed by atoms with van der Waals surface area (Å²) in [6.45, 7) is 5.36. The quantitative estimate of drug-likeness (QED) is 0.795. The minimum absolute atomic E-state index is 0.0656. The van der Waals surface area contributed by atoms with Gasteiger partial charge in [0.1, 0.15) is 5.76 Å². The molecule has 0 bridgehead atoms. The number of aryl methyl sites for hydroxylation is 2. The van der Waals surface area contributed by atoms with Gasteiger partial charge in [0, 0.05) is 11.6 Å². The highest BCUT2D eigenvalue weighted by Crippen LogP contribution is 2.13. The highest BCUT2D eigenvalue weighted by Gasteiger charge is 2.17. The van der Waals surface area contributed by atoms with Crippen LogP contribution in [-0.2, 0) is 16.0 Å². The highest BCUT2D eigenvalue weighted by molar-refractivity contribution is 5.80. The largest absolute Gasteiger partial charge is 0.481 e. The first-order chi connectivity index (χ1) is 8.43. The van der Waals surface area contributed by atoms with Crippen molar-refractivity contribution >= 4 is 11.9 Å². The first-order valence-electron chi connectivity index (χ1n) is 5.87. The van der Waals surface area contributed by atoms with Crippen LogP contribution in [0.2, 0.25) is 0 Å². The summed E-state index contributed by atoms with van der Waals surface area (Å²) in [6.07, 6.45) is 0.681. The Hall–Kier alpha value is -1.85. The number of carbonyl (C=O) groups excluding carboxylic acids is 1. The lowest BCUT2D eigenvalue weighted by atomic mass is 10.1. The topological polar surface area (TPSA) is 92.4 Å². The molecule has 1 aromatic heterocycles. The fourth-order valence-electron chi connectivity index (χ4n) is 1.70. The van der Waals surface area contributed by atoms with Gasteiger partial charge in [0.15, 0.2) is 0 Å². The van der Waals surface area contributed by atoms with Crippen molar-refractivity contribution in [1.82, 2.24) is 10.5 Å². The van der Waals surface area contributed by atoms with Gasteiger partial charge in [0.2, 0.25) is 5.91 Å². The molecule has 0 aliphatic carbocycles. The molecule has 2 N–H and O–H groups in total. The molecule has 0 radical (unpaired) electrons. The second-order valence-corrected chi connectivity index (χ2v) is 4.25. The monoisotopic (exact) mass is 254 g/mol. The Bertz CT molecular complexity index is 420. The molecule has 1 rings (SSSR count). The third-order valence-corrected chi connectivity index (χ3v) is 2.80. The zero-order valence-electron chi connectivity index (χ0n) is 10.8. The third kappa shape index (κ3) is 3.87. The van der Waals surface area contributed by atoms with Crippen LogP contribution in [0.4, 0.5) is 0 Å². The predicted molar refractivity (Wildman–Crippen MR) is 64.2 cm³/mol. The van der Waals surface area contributed by atoms with Crippen molar-refractivity contribution < 1.29 is 19.2 Å². The van der Waals surface area contributed by atoms with E-state index in [1.807, 2.05) is 6.92 Å². The number of hydrogen-bond acceptors (Lipinski definition) is 4. The average Bonchev–Trinajstić information content (AvgIpc) is 2.59. The van der Waals surface area contributed by atoms with Crippen molar-refractivity contribution in [1.29, 1.82) is 0 Å². The van der Waals surface area contributed by atoms with Crippen LogP contribution in [0.5, 0.6) is 0 Å². The molecule has 0 saturated carbocycles. The zero-order valence-corrected chi connectivity index (χ0v) is 10.8. The second kappa shape index (κ2) is 6.18. The van der Waals surface area contributed by atoms with E-state index < -0.39 is 5.97 Å². The van der Waals surface area contributed by atoms with Crippen LogP contribution in [0.15, 0.2) is 4.52 Å². The number of nitrogens with one attached hydrogen (secondary N) is 1. The van der Waals surface area contributed by atoms with E-state index in [1.165, 1.54) is 0 Å². The normalized spacial score (nSPS) is 12.2. The Kier molecular flexibility index (Phi) is 4.88. The maximum Gasteiger partial charge on any atom is 0.305 e. The first kappa shape index (κ1) is 14.2. The van der Waals surface area contributed by atoms with Gasteiger partial charge in [0.05, 0.1) is 18.5 Å². The Labute approximate surface area is 105 Å². The molecule has 18 heavy (non-hydrogen) atoms. The third-order valence-electron chi connectivity index (χ3n) is 2.80. The van der Waals surface area contributed by atoms with Crippen LogP contribution in [0.25, 0.3) is 0 Å². The van der Waals surface area contributed by atoms with E-state index in [2.05, 4.69) is 10.5 Å². The Morgan fingerprint density at radius 1 is 1.44 bits per heavy atom. The van der Waals surface area contributed by atoms with Crippen LogP contribution >= 0.6 is 0 Å². The van der Waals surface area contributed by atoms with Gasteiger partial charge in [-0.05, 0) is 20.3 Å². The van der Waals surface area contributed by atoms with Crippen LogP contribution in [-0.4, -0.2) is 28.2 Å². The van der Waals surface area contributed by atoms with E-state index in [0.29, 0.717) is 17.9 Å². The number of carboxylic acids is 1. The number of amides is 1. The summed E-state index contributed by atoms with van der Waals surface area (Å²) in [5, 5.41) is 15.2. The summed E-state index contributed by atoms with van der Waals surface area (Å²) in [4.78, 5) is 22.4. The van der Waals surface area contributed by atoms with E-state index in [1.54, 1.807) is 13.8 Å². The van der Waals surface area contributed by atoms with E-state index in [-0.39, 0.29) is 24.8 Å². The minimum Gasteiger partial charge on any atom is -0.481 e. The second-order valence-electron chi connectivity index (χ2n) is 4.25. The van der Waals surface area contributed by atoms with Crippen LogP contribution < -0.4 is 5.32 Å². The van der Waals surface area contributed by atoms with E-state index in [4.69, 9.17) is 9.63 Å². The summed E-state index contributed by atoms with van der Waals surface area (Å²) in [5.74, 6) is -0.508. The maximum atomic E-state index is 11.8. The Morgan fingerprint density at radius 3 is 2.56 bits per heavy atom. The summed E-state index contributed by atoms with van der Waals surface area (Å²) in [7, 11) is 0. The van der Waals surface area contributed by atoms with Crippen LogP contribution in [0.1, 0.15) is 36.8 Å². The molecule has 6 nitrogen and oxygen atoms in total. The number of aromatic nitrogens is 1. The predicted octanol–water partition coefficient (Wildman–Crippen LogP) is 1.20. The molecule has 6 heteroatoms. The van der Waals surface area contributed by atoms with Gasteiger partial charge in [-0.2, -0.15) is 0 Å². The molecule has 0 saturated heterocycles. The van der Waals surface area contributed by atoms with Gasteiger partial charge in [0.25, 0.3) is 0 Å². The summed E-state index contributed by atoms with van der Waals surface area (Å²) in [6, 6.07) is -0.338. The molecule has 1 unspecified atom stereocenters. The molecule has 0 aliphatic rings. The molecule has 0 aromatic carbocycles. The van der Waals surface area contributed by atoms with Gasteiger partial charge in [-0.15, -0.1) is 0 Å². The number of aliphatic carboxylic acids is 1.